The average Bonchev–Trinajstić information content (AvgIpc) is 3.23. The third kappa shape index (κ3) is 2.83. The molecular formula is C23H22N6O2. The number of rotatable bonds is 3. The highest BCUT2D eigenvalue weighted by molar-refractivity contribution is 6.01. The molecule has 0 aliphatic carbocycles. The van der Waals surface area contributed by atoms with E-state index in [0.717, 1.165) is 28.3 Å². The molecule has 0 saturated carbocycles. The quantitative estimate of drug-likeness (QED) is 0.453. The molecule has 0 aliphatic heterocycles. The minimum atomic E-state index is -0.170. The van der Waals surface area contributed by atoms with Gasteiger partial charge in [0.2, 0.25) is 0 Å². The van der Waals surface area contributed by atoms with Crippen LogP contribution in [0.15, 0.2) is 47.4 Å². The molecule has 0 amide bonds. The number of nitrogens with zero attached hydrogens (tertiary/aromatic N) is 6. The molecule has 8 heteroatoms. The van der Waals surface area contributed by atoms with E-state index in [1.165, 1.54) is 0 Å². The SMILES string of the molecule is COc1cc(-c2ccc3ncc4c(c3n2)n(-c2cc(C)nn2C)c(=O)n4C)ccc1C. The summed E-state index contributed by atoms with van der Waals surface area (Å²) in [6, 6.07) is 11.8. The first-order valence-electron chi connectivity index (χ1n) is 9.92. The number of methoxy groups -OCH3 is 1. The second kappa shape index (κ2) is 6.80. The maximum atomic E-state index is 13.2. The summed E-state index contributed by atoms with van der Waals surface area (Å²) in [5, 5.41) is 4.41. The molecule has 156 valence electrons. The van der Waals surface area contributed by atoms with Gasteiger partial charge in [-0.3, -0.25) is 14.2 Å². The van der Waals surface area contributed by atoms with Crippen molar-refractivity contribution in [3.05, 3.63) is 64.3 Å². The van der Waals surface area contributed by atoms with Crippen molar-refractivity contribution >= 4 is 22.1 Å². The summed E-state index contributed by atoms with van der Waals surface area (Å²) in [5.74, 6) is 1.49. The van der Waals surface area contributed by atoms with Gasteiger partial charge in [0.05, 0.1) is 35.7 Å². The van der Waals surface area contributed by atoms with Crippen LogP contribution in [-0.2, 0) is 14.1 Å². The predicted octanol–water partition coefficient (Wildman–Crippen LogP) is 3.30. The van der Waals surface area contributed by atoms with Gasteiger partial charge in [-0.05, 0) is 37.6 Å². The van der Waals surface area contributed by atoms with Gasteiger partial charge in [-0.1, -0.05) is 12.1 Å². The number of hydrogen-bond donors (Lipinski definition) is 0. The van der Waals surface area contributed by atoms with E-state index < -0.39 is 0 Å². The zero-order valence-corrected chi connectivity index (χ0v) is 18.0. The molecular weight excluding hydrogens is 392 g/mol. The number of imidazole rings is 1. The average molecular weight is 414 g/mol. The number of aryl methyl sites for hydroxylation is 4. The fraction of sp³-hybridized carbons (Fsp3) is 0.217. The number of aromatic nitrogens is 6. The Labute approximate surface area is 178 Å². The lowest BCUT2D eigenvalue weighted by Gasteiger charge is -2.09. The Morgan fingerprint density at radius 3 is 2.55 bits per heavy atom. The second-order valence-corrected chi connectivity index (χ2v) is 7.69. The maximum absolute atomic E-state index is 13.2. The molecule has 0 aliphatic rings. The van der Waals surface area contributed by atoms with Crippen LogP contribution in [0, 0.1) is 13.8 Å². The van der Waals surface area contributed by atoms with Gasteiger partial charge in [0.25, 0.3) is 0 Å². The summed E-state index contributed by atoms with van der Waals surface area (Å²) in [6.07, 6.45) is 1.72. The first kappa shape index (κ1) is 19.0. The molecule has 5 rings (SSSR count). The van der Waals surface area contributed by atoms with E-state index in [4.69, 9.17) is 9.72 Å². The monoisotopic (exact) mass is 414 g/mol. The highest BCUT2D eigenvalue weighted by Crippen LogP contribution is 2.29. The summed E-state index contributed by atoms with van der Waals surface area (Å²) in [4.78, 5) is 22.7. The lowest BCUT2D eigenvalue weighted by molar-refractivity contribution is 0.412. The molecule has 0 fully saturated rings. The molecule has 0 unspecified atom stereocenters. The Morgan fingerprint density at radius 2 is 1.84 bits per heavy atom. The van der Waals surface area contributed by atoms with Crippen molar-refractivity contribution in [2.45, 2.75) is 13.8 Å². The molecule has 4 aromatic heterocycles. The summed E-state index contributed by atoms with van der Waals surface area (Å²) in [6.45, 7) is 3.91. The number of ether oxygens (including phenoxy) is 1. The molecule has 0 radical (unpaired) electrons. The Kier molecular flexibility index (Phi) is 4.18. The Hall–Kier alpha value is -3.94. The number of hydrogen-bond acceptors (Lipinski definition) is 5. The van der Waals surface area contributed by atoms with Crippen LogP contribution in [0.3, 0.4) is 0 Å². The van der Waals surface area contributed by atoms with Crippen LogP contribution in [0.25, 0.3) is 39.1 Å². The van der Waals surface area contributed by atoms with Crippen molar-refractivity contribution in [2.24, 2.45) is 14.1 Å². The molecule has 0 atom stereocenters. The van der Waals surface area contributed by atoms with Crippen molar-refractivity contribution in [2.75, 3.05) is 7.11 Å². The molecule has 0 N–H and O–H groups in total. The van der Waals surface area contributed by atoms with Gasteiger partial charge < -0.3 is 4.74 Å². The van der Waals surface area contributed by atoms with Gasteiger partial charge in [0.1, 0.15) is 22.6 Å². The predicted molar refractivity (Wildman–Crippen MR) is 120 cm³/mol. The maximum Gasteiger partial charge on any atom is 0.334 e. The largest absolute Gasteiger partial charge is 0.496 e. The minimum Gasteiger partial charge on any atom is -0.496 e. The first-order chi connectivity index (χ1) is 14.9. The third-order valence-corrected chi connectivity index (χ3v) is 5.64. The second-order valence-electron chi connectivity index (χ2n) is 7.69. The van der Waals surface area contributed by atoms with Crippen LogP contribution in [0.5, 0.6) is 5.75 Å². The van der Waals surface area contributed by atoms with E-state index >= 15 is 0 Å². The van der Waals surface area contributed by atoms with Crippen molar-refractivity contribution < 1.29 is 4.74 Å². The topological polar surface area (TPSA) is 79.8 Å². The van der Waals surface area contributed by atoms with E-state index in [0.29, 0.717) is 27.9 Å². The summed E-state index contributed by atoms with van der Waals surface area (Å²) < 4.78 is 10.4. The molecule has 0 spiro atoms. The highest BCUT2D eigenvalue weighted by atomic mass is 16.5. The standard InChI is InChI=1S/C23H22N6O2/c1-13-6-7-15(11-19(13)31-5)16-8-9-17-21(25-16)22-18(12-24-17)27(3)23(30)29(22)20-10-14(2)26-28(20)4/h6-12H,1-5H3. The van der Waals surface area contributed by atoms with Gasteiger partial charge in [-0.2, -0.15) is 5.10 Å². The molecule has 5 aromatic rings. The lowest BCUT2D eigenvalue weighted by atomic mass is 10.1. The molecule has 8 nitrogen and oxygen atoms in total. The van der Waals surface area contributed by atoms with Crippen LogP contribution < -0.4 is 10.4 Å². The number of pyridine rings is 2. The van der Waals surface area contributed by atoms with Gasteiger partial charge in [0.15, 0.2) is 0 Å². The van der Waals surface area contributed by atoms with Gasteiger partial charge in [-0.15, -0.1) is 0 Å². The molecule has 31 heavy (non-hydrogen) atoms. The normalized spacial score (nSPS) is 11.5. The van der Waals surface area contributed by atoms with E-state index in [9.17, 15) is 4.79 Å². The van der Waals surface area contributed by atoms with Crippen LogP contribution >= 0.6 is 0 Å². The molecule has 0 saturated heterocycles. The molecule has 1 aromatic carbocycles. The summed E-state index contributed by atoms with van der Waals surface area (Å²) in [5.41, 5.74) is 6.23. The minimum absolute atomic E-state index is 0.170. The zero-order chi connectivity index (χ0) is 21.9. The zero-order valence-electron chi connectivity index (χ0n) is 18.0. The molecule has 4 heterocycles. The van der Waals surface area contributed by atoms with Crippen molar-refractivity contribution in [3.63, 3.8) is 0 Å². The Morgan fingerprint density at radius 1 is 1.03 bits per heavy atom. The lowest BCUT2D eigenvalue weighted by Crippen LogP contribution is -2.22. The van der Waals surface area contributed by atoms with Gasteiger partial charge in [0, 0.05) is 25.7 Å². The summed E-state index contributed by atoms with van der Waals surface area (Å²) in [7, 11) is 5.23. The van der Waals surface area contributed by atoms with Crippen molar-refractivity contribution in [1.82, 2.24) is 28.9 Å². The van der Waals surface area contributed by atoms with E-state index in [1.54, 1.807) is 34.2 Å². The highest BCUT2D eigenvalue weighted by Gasteiger charge is 2.20. The van der Waals surface area contributed by atoms with Crippen LogP contribution in [0.2, 0.25) is 0 Å². The van der Waals surface area contributed by atoms with Crippen molar-refractivity contribution in [3.8, 4) is 22.8 Å². The van der Waals surface area contributed by atoms with E-state index in [1.807, 2.05) is 57.3 Å². The Bertz CT molecular complexity index is 1540. The summed E-state index contributed by atoms with van der Waals surface area (Å²) >= 11 is 0. The number of fused-ring (bicyclic) bond motifs is 3. The molecule has 0 bridgehead atoms. The van der Waals surface area contributed by atoms with Gasteiger partial charge >= 0.3 is 5.69 Å². The van der Waals surface area contributed by atoms with Crippen LogP contribution in [0.4, 0.5) is 0 Å². The van der Waals surface area contributed by atoms with E-state index in [-0.39, 0.29) is 5.69 Å². The Balaban J connectivity index is 1.86. The first-order valence-corrected chi connectivity index (χ1v) is 9.92. The fourth-order valence-corrected chi connectivity index (χ4v) is 4.02. The van der Waals surface area contributed by atoms with Crippen LogP contribution in [0.1, 0.15) is 11.3 Å². The number of benzene rings is 1. The van der Waals surface area contributed by atoms with Crippen LogP contribution in [-0.4, -0.2) is 36.0 Å². The smallest absolute Gasteiger partial charge is 0.334 e. The third-order valence-electron chi connectivity index (χ3n) is 5.64. The van der Waals surface area contributed by atoms with Gasteiger partial charge in [-0.25, -0.2) is 14.3 Å². The fourth-order valence-electron chi connectivity index (χ4n) is 4.02. The van der Waals surface area contributed by atoms with Crippen molar-refractivity contribution in [1.29, 1.82) is 0 Å². The van der Waals surface area contributed by atoms with E-state index in [2.05, 4.69) is 10.1 Å².